The number of thiazole rings is 1. The lowest BCUT2D eigenvalue weighted by molar-refractivity contribution is -0.136. The number of carboxylic acids is 1. The minimum absolute atomic E-state index is 0.0150. The van der Waals surface area contributed by atoms with Crippen LogP contribution < -0.4 is 4.74 Å². The number of carboxylic acid groups (broad SMARTS) is 1. The minimum atomic E-state index is -0.842. The molecule has 1 aromatic carbocycles. The second-order valence-corrected chi connectivity index (χ2v) is 5.55. The fourth-order valence-corrected chi connectivity index (χ4v) is 2.47. The van der Waals surface area contributed by atoms with Crippen LogP contribution in [0.3, 0.4) is 0 Å². The fraction of sp³-hybridized carbons (Fsp3) is 0.286. The van der Waals surface area contributed by atoms with Gasteiger partial charge < -0.3 is 9.84 Å². The van der Waals surface area contributed by atoms with Crippen molar-refractivity contribution in [2.24, 2.45) is 0 Å². The molecule has 0 aliphatic heterocycles. The summed E-state index contributed by atoms with van der Waals surface area (Å²) in [5.74, 6) is 0.000585. The molecule has 1 N–H and O–H groups in total. The lowest BCUT2D eigenvalue weighted by Crippen LogP contribution is -1.97. The molecule has 4 nitrogen and oxygen atoms in total. The van der Waals surface area contributed by atoms with E-state index in [0.717, 1.165) is 26.8 Å². The van der Waals surface area contributed by atoms with E-state index in [1.165, 1.54) is 11.3 Å². The number of carbonyl (C=O) groups is 1. The number of benzene rings is 1. The quantitative estimate of drug-likeness (QED) is 0.912. The Labute approximate surface area is 115 Å². The zero-order valence-electron chi connectivity index (χ0n) is 10.8. The van der Waals surface area contributed by atoms with Crippen molar-refractivity contribution < 1.29 is 14.6 Å². The lowest BCUT2D eigenvalue weighted by atomic mass is 10.1. The minimum Gasteiger partial charge on any atom is -0.486 e. The Bertz CT molecular complexity index is 592. The molecule has 5 heteroatoms. The summed E-state index contributed by atoms with van der Waals surface area (Å²) in [6.07, 6.45) is 1.61. The van der Waals surface area contributed by atoms with Crippen molar-refractivity contribution in [1.82, 2.24) is 4.98 Å². The van der Waals surface area contributed by atoms with Crippen molar-refractivity contribution in [3.63, 3.8) is 0 Å². The van der Waals surface area contributed by atoms with Crippen molar-refractivity contribution in [3.05, 3.63) is 45.4 Å². The van der Waals surface area contributed by atoms with Gasteiger partial charge in [-0.2, -0.15) is 0 Å². The highest BCUT2D eigenvalue weighted by atomic mass is 32.1. The SMILES string of the molecule is Cc1ccc(C)c(OCc2ncc(CC(=O)O)s2)c1. The molecule has 0 atom stereocenters. The van der Waals surface area contributed by atoms with E-state index in [0.29, 0.717) is 6.61 Å². The summed E-state index contributed by atoms with van der Waals surface area (Å²) in [6.45, 7) is 4.38. The Morgan fingerprint density at radius 1 is 1.42 bits per heavy atom. The van der Waals surface area contributed by atoms with E-state index in [-0.39, 0.29) is 6.42 Å². The van der Waals surface area contributed by atoms with Crippen molar-refractivity contribution >= 4 is 17.3 Å². The highest BCUT2D eigenvalue weighted by Crippen LogP contribution is 2.21. The van der Waals surface area contributed by atoms with E-state index in [2.05, 4.69) is 4.98 Å². The summed E-state index contributed by atoms with van der Waals surface area (Å²) in [5, 5.41) is 9.49. The largest absolute Gasteiger partial charge is 0.486 e. The van der Waals surface area contributed by atoms with Gasteiger partial charge in [-0.25, -0.2) is 4.98 Å². The predicted octanol–water partition coefficient (Wildman–Crippen LogP) is 2.97. The van der Waals surface area contributed by atoms with Crippen LogP contribution in [0, 0.1) is 13.8 Å². The highest BCUT2D eigenvalue weighted by molar-refractivity contribution is 7.11. The molecule has 0 bridgehead atoms. The molecule has 1 aromatic heterocycles. The molecule has 0 saturated carbocycles. The molecule has 100 valence electrons. The molecule has 0 saturated heterocycles. The number of aliphatic carboxylic acids is 1. The van der Waals surface area contributed by atoms with E-state index >= 15 is 0 Å². The maximum atomic E-state index is 10.6. The molecule has 2 rings (SSSR count). The number of ether oxygens (including phenoxy) is 1. The summed E-state index contributed by atoms with van der Waals surface area (Å²) in [7, 11) is 0. The summed E-state index contributed by atoms with van der Waals surface area (Å²) >= 11 is 1.37. The first-order valence-electron chi connectivity index (χ1n) is 5.90. The average molecular weight is 277 g/mol. The zero-order valence-corrected chi connectivity index (χ0v) is 11.7. The summed E-state index contributed by atoms with van der Waals surface area (Å²) in [5.41, 5.74) is 2.22. The average Bonchev–Trinajstić information content (AvgIpc) is 2.77. The van der Waals surface area contributed by atoms with Crippen molar-refractivity contribution in [2.45, 2.75) is 26.9 Å². The van der Waals surface area contributed by atoms with Gasteiger partial charge in [0.2, 0.25) is 0 Å². The first kappa shape index (κ1) is 13.5. The number of aryl methyl sites for hydroxylation is 2. The molecule has 0 fully saturated rings. The number of rotatable bonds is 5. The smallest absolute Gasteiger partial charge is 0.308 e. The van der Waals surface area contributed by atoms with Gasteiger partial charge in [0, 0.05) is 11.1 Å². The van der Waals surface area contributed by atoms with E-state index in [1.54, 1.807) is 6.20 Å². The van der Waals surface area contributed by atoms with Gasteiger partial charge in [0.1, 0.15) is 17.4 Å². The first-order chi connectivity index (χ1) is 9.04. The summed E-state index contributed by atoms with van der Waals surface area (Å²) in [6, 6.07) is 6.04. The van der Waals surface area contributed by atoms with Gasteiger partial charge in [-0.05, 0) is 31.0 Å². The Morgan fingerprint density at radius 3 is 2.95 bits per heavy atom. The predicted molar refractivity (Wildman–Crippen MR) is 73.7 cm³/mol. The third-order valence-corrected chi connectivity index (χ3v) is 3.59. The number of hydrogen-bond acceptors (Lipinski definition) is 4. The molecule has 19 heavy (non-hydrogen) atoms. The Morgan fingerprint density at radius 2 is 2.21 bits per heavy atom. The van der Waals surface area contributed by atoms with Crippen LogP contribution >= 0.6 is 11.3 Å². The van der Waals surface area contributed by atoms with Crippen LogP contribution in [0.2, 0.25) is 0 Å². The lowest BCUT2D eigenvalue weighted by Gasteiger charge is -2.08. The van der Waals surface area contributed by atoms with E-state index in [9.17, 15) is 4.79 Å². The number of nitrogens with zero attached hydrogens (tertiary/aromatic N) is 1. The normalized spacial score (nSPS) is 10.4. The molecule has 2 aromatic rings. The topological polar surface area (TPSA) is 59.4 Å². The second kappa shape index (κ2) is 5.84. The van der Waals surface area contributed by atoms with E-state index < -0.39 is 5.97 Å². The molecule has 1 heterocycles. The van der Waals surface area contributed by atoms with Crippen molar-refractivity contribution in [2.75, 3.05) is 0 Å². The molecular formula is C14H15NO3S. The highest BCUT2D eigenvalue weighted by Gasteiger charge is 2.07. The van der Waals surface area contributed by atoms with Crippen LogP contribution in [0.25, 0.3) is 0 Å². The van der Waals surface area contributed by atoms with Crippen molar-refractivity contribution in [1.29, 1.82) is 0 Å². The third kappa shape index (κ3) is 3.79. The molecule has 0 aliphatic carbocycles. The number of hydrogen-bond donors (Lipinski definition) is 1. The van der Waals surface area contributed by atoms with Gasteiger partial charge in [0.05, 0.1) is 6.42 Å². The van der Waals surface area contributed by atoms with Crippen LogP contribution in [-0.2, 0) is 17.8 Å². The van der Waals surface area contributed by atoms with Gasteiger partial charge in [0.15, 0.2) is 0 Å². The van der Waals surface area contributed by atoms with Gasteiger partial charge >= 0.3 is 5.97 Å². The van der Waals surface area contributed by atoms with Crippen LogP contribution in [0.1, 0.15) is 21.0 Å². The fourth-order valence-electron chi connectivity index (χ4n) is 1.65. The molecule has 0 radical (unpaired) electrons. The molecule has 0 aliphatic rings. The Kier molecular flexibility index (Phi) is 4.16. The summed E-state index contributed by atoms with van der Waals surface area (Å²) < 4.78 is 5.72. The van der Waals surface area contributed by atoms with Crippen LogP contribution in [0.15, 0.2) is 24.4 Å². The molecule has 0 spiro atoms. The second-order valence-electron chi connectivity index (χ2n) is 4.35. The zero-order chi connectivity index (χ0) is 13.8. The Hall–Kier alpha value is -1.88. The van der Waals surface area contributed by atoms with Crippen LogP contribution in [0.5, 0.6) is 5.75 Å². The monoisotopic (exact) mass is 277 g/mol. The molecular weight excluding hydrogens is 262 g/mol. The van der Waals surface area contributed by atoms with Gasteiger partial charge in [-0.1, -0.05) is 12.1 Å². The number of aromatic nitrogens is 1. The standard InChI is InChI=1S/C14H15NO3S/c1-9-3-4-10(2)12(5-9)18-8-13-15-7-11(19-13)6-14(16)17/h3-5,7H,6,8H2,1-2H3,(H,16,17). The van der Waals surface area contributed by atoms with Gasteiger partial charge in [-0.15, -0.1) is 11.3 Å². The van der Waals surface area contributed by atoms with Gasteiger partial charge in [0.25, 0.3) is 0 Å². The van der Waals surface area contributed by atoms with Crippen LogP contribution in [0.4, 0.5) is 0 Å². The maximum absolute atomic E-state index is 10.6. The van der Waals surface area contributed by atoms with Gasteiger partial charge in [-0.3, -0.25) is 4.79 Å². The summed E-state index contributed by atoms with van der Waals surface area (Å²) in [4.78, 5) is 15.5. The maximum Gasteiger partial charge on any atom is 0.308 e. The van der Waals surface area contributed by atoms with Crippen molar-refractivity contribution in [3.8, 4) is 5.75 Å². The Balaban J connectivity index is 2.00. The van der Waals surface area contributed by atoms with Crippen LogP contribution in [-0.4, -0.2) is 16.1 Å². The first-order valence-corrected chi connectivity index (χ1v) is 6.71. The van der Waals surface area contributed by atoms with E-state index in [1.807, 2.05) is 32.0 Å². The molecule has 0 amide bonds. The molecule has 0 unspecified atom stereocenters. The third-order valence-electron chi connectivity index (χ3n) is 2.62. The van der Waals surface area contributed by atoms with E-state index in [4.69, 9.17) is 9.84 Å².